The molecule has 0 aliphatic rings. The Labute approximate surface area is 128 Å². The summed E-state index contributed by atoms with van der Waals surface area (Å²) < 4.78 is 27.2. The van der Waals surface area contributed by atoms with Crippen molar-refractivity contribution in [2.24, 2.45) is 0 Å². The summed E-state index contributed by atoms with van der Waals surface area (Å²) in [6, 6.07) is 3.76. The van der Waals surface area contributed by atoms with Crippen LogP contribution in [0.15, 0.2) is 23.1 Å². The Morgan fingerprint density at radius 3 is 2.62 bits per heavy atom. The molecule has 0 aromatic heterocycles. The van der Waals surface area contributed by atoms with Crippen LogP contribution in [-0.4, -0.2) is 37.9 Å². The van der Waals surface area contributed by atoms with Crippen LogP contribution >= 0.6 is 11.8 Å². The summed E-state index contributed by atoms with van der Waals surface area (Å²) in [4.78, 5) is 10.1. The number of nitrogens with zero attached hydrogens (tertiary/aromatic N) is 1. The number of hydrogen-bond donors (Lipinski definition) is 2. The Morgan fingerprint density at radius 1 is 1.43 bits per heavy atom. The second-order valence-corrected chi connectivity index (χ2v) is 7.38. The zero-order chi connectivity index (χ0) is 16.0. The van der Waals surface area contributed by atoms with Crippen LogP contribution in [-0.2, 0) is 10.0 Å². The molecule has 2 N–H and O–H groups in total. The Balaban J connectivity index is 3.17. The SMILES string of the molecule is CCNc1ccc([N+](=O)[O-])cc1S(=O)(=O)NCC(C)SC. The fraction of sp³-hybridized carbons (Fsp3) is 0.500. The van der Waals surface area contributed by atoms with E-state index < -0.39 is 14.9 Å². The van der Waals surface area contributed by atoms with Crippen molar-refractivity contribution in [3.05, 3.63) is 28.3 Å². The molecule has 0 aliphatic heterocycles. The summed E-state index contributed by atoms with van der Waals surface area (Å²) in [6.07, 6.45) is 1.89. The average molecular weight is 333 g/mol. The van der Waals surface area contributed by atoms with Crippen molar-refractivity contribution in [2.45, 2.75) is 24.0 Å². The number of benzene rings is 1. The topological polar surface area (TPSA) is 101 Å². The second-order valence-electron chi connectivity index (χ2n) is 4.37. The van der Waals surface area contributed by atoms with Crippen LogP contribution in [0.5, 0.6) is 0 Å². The third-order valence-electron chi connectivity index (χ3n) is 2.80. The highest BCUT2D eigenvalue weighted by atomic mass is 32.2. The number of thioether (sulfide) groups is 1. The Morgan fingerprint density at radius 2 is 2.10 bits per heavy atom. The van der Waals surface area contributed by atoms with Gasteiger partial charge in [-0.1, -0.05) is 6.92 Å². The van der Waals surface area contributed by atoms with E-state index >= 15 is 0 Å². The fourth-order valence-electron chi connectivity index (χ4n) is 1.57. The summed E-state index contributed by atoms with van der Waals surface area (Å²) in [5.74, 6) is 0. The number of anilines is 1. The number of hydrogen-bond acceptors (Lipinski definition) is 6. The lowest BCUT2D eigenvalue weighted by atomic mass is 10.3. The highest BCUT2D eigenvalue weighted by Gasteiger charge is 2.22. The van der Waals surface area contributed by atoms with Crippen molar-refractivity contribution in [2.75, 3.05) is 24.7 Å². The number of rotatable bonds is 8. The molecular formula is C12H19N3O4S2. The van der Waals surface area contributed by atoms with Gasteiger partial charge in [0, 0.05) is 30.5 Å². The van der Waals surface area contributed by atoms with Crippen LogP contribution in [0, 0.1) is 10.1 Å². The molecule has 1 rings (SSSR count). The molecule has 0 bridgehead atoms. The molecule has 0 spiro atoms. The lowest BCUT2D eigenvalue weighted by molar-refractivity contribution is -0.385. The zero-order valence-electron chi connectivity index (χ0n) is 12.1. The molecule has 118 valence electrons. The van der Waals surface area contributed by atoms with E-state index in [4.69, 9.17) is 0 Å². The first-order chi connectivity index (χ1) is 9.81. The molecule has 0 heterocycles. The first-order valence-electron chi connectivity index (χ1n) is 6.36. The fourth-order valence-corrected chi connectivity index (χ4v) is 3.26. The molecule has 0 fully saturated rings. The minimum atomic E-state index is -3.80. The summed E-state index contributed by atoms with van der Waals surface area (Å²) in [5.41, 5.74) is 0.0994. The van der Waals surface area contributed by atoms with Gasteiger partial charge >= 0.3 is 0 Å². The van der Waals surface area contributed by atoms with Crippen LogP contribution in [0.2, 0.25) is 0 Å². The molecule has 0 amide bonds. The molecule has 1 atom stereocenters. The number of nitro benzene ring substituents is 1. The van der Waals surface area contributed by atoms with Gasteiger partial charge in [-0.3, -0.25) is 10.1 Å². The van der Waals surface area contributed by atoms with E-state index in [9.17, 15) is 18.5 Å². The summed E-state index contributed by atoms with van der Waals surface area (Å²) in [7, 11) is -3.80. The third kappa shape index (κ3) is 4.87. The van der Waals surface area contributed by atoms with E-state index in [1.54, 1.807) is 0 Å². The summed E-state index contributed by atoms with van der Waals surface area (Å²) >= 11 is 1.53. The highest BCUT2D eigenvalue weighted by Crippen LogP contribution is 2.26. The summed E-state index contributed by atoms with van der Waals surface area (Å²) in [5, 5.41) is 13.8. The quantitative estimate of drug-likeness (QED) is 0.558. The third-order valence-corrected chi connectivity index (χ3v) is 5.23. The second kappa shape index (κ2) is 7.62. The van der Waals surface area contributed by atoms with Crippen molar-refractivity contribution >= 4 is 33.2 Å². The van der Waals surface area contributed by atoms with E-state index in [-0.39, 0.29) is 22.4 Å². The molecule has 0 aliphatic carbocycles. The van der Waals surface area contributed by atoms with Crippen molar-refractivity contribution in [3.8, 4) is 0 Å². The van der Waals surface area contributed by atoms with E-state index in [0.29, 0.717) is 12.2 Å². The maximum atomic E-state index is 12.3. The zero-order valence-corrected chi connectivity index (χ0v) is 13.8. The van der Waals surface area contributed by atoms with Gasteiger partial charge in [0.1, 0.15) is 4.90 Å². The van der Waals surface area contributed by atoms with Gasteiger partial charge in [-0.25, -0.2) is 13.1 Å². The van der Waals surface area contributed by atoms with Gasteiger partial charge in [-0.15, -0.1) is 0 Å². The number of nitro groups is 1. The molecular weight excluding hydrogens is 314 g/mol. The Hall–Kier alpha value is -1.32. The van der Waals surface area contributed by atoms with Crippen molar-refractivity contribution in [1.82, 2.24) is 4.72 Å². The van der Waals surface area contributed by atoms with Crippen LogP contribution in [0.3, 0.4) is 0 Å². The first kappa shape index (κ1) is 17.7. The van der Waals surface area contributed by atoms with Gasteiger partial charge in [0.15, 0.2) is 0 Å². The standard InChI is InChI=1S/C12H19N3O4S2/c1-4-13-11-6-5-10(15(16)17)7-12(11)21(18,19)14-8-9(2)20-3/h5-7,9,13-14H,4,8H2,1-3H3. The molecule has 1 aromatic carbocycles. The number of non-ortho nitro benzene ring substituents is 1. The Bertz CT molecular complexity index is 605. The van der Waals surface area contributed by atoms with Gasteiger partial charge in [-0.2, -0.15) is 11.8 Å². The maximum Gasteiger partial charge on any atom is 0.270 e. The molecule has 21 heavy (non-hydrogen) atoms. The molecule has 1 unspecified atom stereocenters. The lowest BCUT2D eigenvalue weighted by Gasteiger charge is -2.14. The first-order valence-corrected chi connectivity index (χ1v) is 9.13. The van der Waals surface area contributed by atoms with E-state index in [0.717, 1.165) is 6.07 Å². The predicted octanol–water partition coefficient (Wildman–Crippen LogP) is 2.06. The average Bonchev–Trinajstić information content (AvgIpc) is 2.45. The van der Waals surface area contributed by atoms with Crippen LogP contribution in [0.25, 0.3) is 0 Å². The van der Waals surface area contributed by atoms with Crippen molar-refractivity contribution in [3.63, 3.8) is 0 Å². The van der Waals surface area contributed by atoms with E-state index in [2.05, 4.69) is 10.0 Å². The predicted molar refractivity (Wildman–Crippen MR) is 85.4 cm³/mol. The smallest absolute Gasteiger partial charge is 0.270 e. The molecule has 0 saturated carbocycles. The molecule has 1 aromatic rings. The molecule has 0 saturated heterocycles. The van der Waals surface area contributed by atoms with Crippen LogP contribution < -0.4 is 10.0 Å². The molecule has 7 nitrogen and oxygen atoms in total. The van der Waals surface area contributed by atoms with E-state index in [1.807, 2.05) is 20.1 Å². The van der Waals surface area contributed by atoms with Gasteiger partial charge in [0.25, 0.3) is 5.69 Å². The monoisotopic (exact) mass is 333 g/mol. The minimum absolute atomic E-state index is 0.105. The molecule has 0 radical (unpaired) electrons. The Kier molecular flexibility index (Phi) is 6.43. The highest BCUT2D eigenvalue weighted by molar-refractivity contribution is 7.99. The lowest BCUT2D eigenvalue weighted by Crippen LogP contribution is -2.30. The van der Waals surface area contributed by atoms with Gasteiger partial charge in [0.05, 0.1) is 10.6 Å². The van der Waals surface area contributed by atoms with Crippen molar-refractivity contribution < 1.29 is 13.3 Å². The maximum absolute atomic E-state index is 12.3. The number of nitrogens with one attached hydrogen (secondary N) is 2. The minimum Gasteiger partial charge on any atom is -0.384 e. The largest absolute Gasteiger partial charge is 0.384 e. The van der Waals surface area contributed by atoms with Gasteiger partial charge < -0.3 is 5.32 Å². The van der Waals surface area contributed by atoms with Gasteiger partial charge in [0.2, 0.25) is 10.0 Å². The van der Waals surface area contributed by atoms with Crippen molar-refractivity contribution in [1.29, 1.82) is 0 Å². The van der Waals surface area contributed by atoms with Crippen LogP contribution in [0.4, 0.5) is 11.4 Å². The normalized spacial score (nSPS) is 12.9. The summed E-state index contributed by atoms with van der Waals surface area (Å²) in [6.45, 7) is 4.49. The number of sulfonamides is 1. The van der Waals surface area contributed by atoms with Gasteiger partial charge in [-0.05, 0) is 19.2 Å². The van der Waals surface area contributed by atoms with E-state index in [1.165, 1.54) is 23.9 Å². The van der Waals surface area contributed by atoms with Crippen LogP contribution in [0.1, 0.15) is 13.8 Å². The molecule has 9 heteroatoms.